The van der Waals surface area contributed by atoms with Gasteiger partial charge in [0.05, 0.1) is 17.1 Å². The molecule has 3 rings (SSSR count). The maximum absolute atomic E-state index is 13.5. The van der Waals surface area contributed by atoms with Gasteiger partial charge in [-0.15, -0.1) is 11.8 Å². The van der Waals surface area contributed by atoms with Crippen LogP contribution in [0.2, 0.25) is 0 Å². The number of hydrogen-bond acceptors (Lipinski definition) is 5. The number of esters is 1. The van der Waals surface area contributed by atoms with Gasteiger partial charge in [0, 0.05) is 4.90 Å². The Labute approximate surface area is 157 Å². The number of rotatable bonds is 5. The van der Waals surface area contributed by atoms with E-state index in [4.69, 9.17) is 4.74 Å². The molecular formula is C18H14F2N2O4S. The van der Waals surface area contributed by atoms with Crippen molar-refractivity contribution >= 4 is 40.9 Å². The van der Waals surface area contributed by atoms with E-state index in [0.717, 1.165) is 30.0 Å². The molecule has 0 aliphatic carbocycles. The molecule has 2 amide bonds. The molecule has 0 fully saturated rings. The Hall–Kier alpha value is -2.94. The van der Waals surface area contributed by atoms with Crippen LogP contribution in [0.4, 0.5) is 20.2 Å². The lowest BCUT2D eigenvalue weighted by molar-refractivity contribution is -0.145. The highest BCUT2D eigenvalue weighted by Crippen LogP contribution is 2.29. The Bertz CT molecular complexity index is 907. The van der Waals surface area contributed by atoms with Crippen LogP contribution in [0.1, 0.15) is 0 Å². The first-order chi connectivity index (χ1) is 12.9. The van der Waals surface area contributed by atoms with E-state index in [1.807, 2.05) is 0 Å². The first-order valence-corrected chi connectivity index (χ1v) is 8.85. The highest BCUT2D eigenvalue weighted by atomic mass is 32.2. The average molecular weight is 392 g/mol. The van der Waals surface area contributed by atoms with Gasteiger partial charge in [-0.3, -0.25) is 19.3 Å². The average Bonchev–Trinajstić information content (AvgIpc) is 2.66. The highest BCUT2D eigenvalue weighted by molar-refractivity contribution is 8.00. The van der Waals surface area contributed by atoms with Crippen LogP contribution in [0.5, 0.6) is 0 Å². The number of halogens is 2. The molecule has 2 aromatic rings. The first-order valence-electron chi connectivity index (χ1n) is 7.87. The molecule has 0 unspecified atom stereocenters. The second-order valence-electron chi connectivity index (χ2n) is 5.57. The van der Waals surface area contributed by atoms with E-state index in [1.54, 1.807) is 24.3 Å². The second-order valence-corrected chi connectivity index (χ2v) is 6.59. The number of para-hydroxylation sites is 2. The van der Waals surface area contributed by atoms with Gasteiger partial charge in [-0.05, 0) is 30.3 Å². The number of amides is 2. The third-order valence-corrected chi connectivity index (χ3v) is 4.67. The Balaban J connectivity index is 1.55. The molecule has 1 aliphatic heterocycles. The highest BCUT2D eigenvalue weighted by Gasteiger charge is 2.27. The second kappa shape index (κ2) is 8.17. The number of hydrogen-bond donors (Lipinski definition) is 1. The monoisotopic (exact) mass is 392 g/mol. The van der Waals surface area contributed by atoms with Gasteiger partial charge >= 0.3 is 5.97 Å². The van der Waals surface area contributed by atoms with Gasteiger partial charge in [0.15, 0.2) is 6.61 Å². The topological polar surface area (TPSA) is 75.7 Å². The van der Waals surface area contributed by atoms with Crippen molar-refractivity contribution in [2.45, 2.75) is 4.90 Å². The van der Waals surface area contributed by atoms with E-state index in [2.05, 4.69) is 5.32 Å². The van der Waals surface area contributed by atoms with E-state index in [0.29, 0.717) is 11.4 Å². The van der Waals surface area contributed by atoms with Crippen LogP contribution in [0.15, 0.2) is 47.4 Å². The van der Waals surface area contributed by atoms with E-state index in [9.17, 15) is 23.2 Å². The Morgan fingerprint density at radius 3 is 2.78 bits per heavy atom. The minimum atomic E-state index is -0.758. The van der Waals surface area contributed by atoms with Gasteiger partial charge in [0.1, 0.15) is 18.2 Å². The number of thioether (sulfide) groups is 1. The standard InChI is InChI=1S/C18H14F2N2O4S/c19-11-5-6-12(20)15(7-11)27-10-18(25)26-9-17(24)22-8-16(23)21-13-3-1-2-4-14(13)22/h1-7H,8-10H2,(H,21,23). The Morgan fingerprint density at radius 2 is 1.96 bits per heavy atom. The number of benzene rings is 2. The summed E-state index contributed by atoms with van der Waals surface area (Å²) in [6.07, 6.45) is 0. The molecule has 140 valence electrons. The van der Waals surface area contributed by atoms with Gasteiger partial charge in [0.25, 0.3) is 5.91 Å². The van der Waals surface area contributed by atoms with Crippen molar-refractivity contribution in [3.63, 3.8) is 0 Å². The zero-order valence-electron chi connectivity index (χ0n) is 13.9. The first kappa shape index (κ1) is 18.8. The Kier molecular flexibility index (Phi) is 5.70. The summed E-state index contributed by atoms with van der Waals surface area (Å²) in [7, 11) is 0. The van der Waals surface area contributed by atoms with Gasteiger partial charge < -0.3 is 10.1 Å². The fourth-order valence-electron chi connectivity index (χ4n) is 2.44. The molecule has 1 N–H and O–H groups in total. The van der Waals surface area contributed by atoms with Crippen LogP contribution in [-0.2, 0) is 19.1 Å². The normalized spacial score (nSPS) is 13.0. The summed E-state index contributed by atoms with van der Waals surface area (Å²) >= 11 is 0.767. The van der Waals surface area contributed by atoms with Gasteiger partial charge in [-0.25, -0.2) is 8.78 Å². The molecule has 0 saturated heterocycles. The van der Waals surface area contributed by atoms with E-state index >= 15 is 0 Å². The lowest BCUT2D eigenvalue weighted by atomic mass is 10.2. The zero-order valence-corrected chi connectivity index (χ0v) is 14.7. The summed E-state index contributed by atoms with van der Waals surface area (Å²) in [5.74, 6) is -3.24. The fourth-order valence-corrected chi connectivity index (χ4v) is 3.20. The summed E-state index contributed by atoms with van der Waals surface area (Å²) < 4.78 is 31.5. The number of fused-ring (bicyclic) bond motifs is 1. The van der Waals surface area contributed by atoms with Crippen LogP contribution >= 0.6 is 11.8 Å². The number of nitrogens with zero attached hydrogens (tertiary/aromatic N) is 1. The molecule has 6 nitrogen and oxygen atoms in total. The molecule has 0 spiro atoms. The fraction of sp³-hybridized carbons (Fsp3) is 0.167. The van der Waals surface area contributed by atoms with Crippen molar-refractivity contribution in [2.24, 2.45) is 0 Å². The van der Waals surface area contributed by atoms with Gasteiger partial charge in [0.2, 0.25) is 5.91 Å². The number of carbonyl (C=O) groups is 3. The maximum atomic E-state index is 13.5. The van der Waals surface area contributed by atoms with Crippen LogP contribution in [0.3, 0.4) is 0 Å². The minimum absolute atomic E-state index is 0.0279. The molecule has 9 heteroatoms. The maximum Gasteiger partial charge on any atom is 0.316 e. The molecule has 0 aromatic heterocycles. The van der Waals surface area contributed by atoms with Crippen molar-refractivity contribution in [1.29, 1.82) is 0 Å². The lowest BCUT2D eigenvalue weighted by Crippen LogP contribution is -2.44. The third-order valence-electron chi connectivity index (χ3n) is 3.67. The van der Waals surface area contributed by atoms with Crippen molar-refractivity contribution in [3.05, 3.63) is 54.1 Å². The number of carbonyl (C=O) groups excluding carboxylic acids is 3. The van der Waals surface area contributed by atoms with Crippen LogP contribution in [0, 0.1) is 11.6 Å². The van der Waals surface area contributed by atoms with Crippen LogP contribution < -0.4 is 10.2 Å². The van der Waals surface area contributed by atoms with Gasteiger partial charge in [-0.1, -0.05) is 12.1 Å². The molecule has 1 aliphatic rings. The molecule has 1 heterocycles. The lowest BCUT2D eigenvalue weighted by Gasteiger charge is -2.28. The number of anilines is 2. The van der Waals surface area contributed by atoms with Crippen LogP contribution in [0.25, 0.3) is 0 Å². The zero-order chi connectivity index (χ0) is 19.4. The van der Waals surface area contributed by atoms with Crippen molar-refractivity contribution in [3.8, 4) is 0 Å². The van der Waals surface area contributed by atoms with Crippen molar-refractivity contribution in [1.82, 2.24) is 0 Å². The van der Waals surface area contributed by atoms with Crippen molar-refractivity contribution in [2.75, 3.05) is 29.1 Å². The molecular weight excluding hydrogens is 378 g/mol. The summed E-state index contributed by atoms with van der Waals surface area (Å²) in [6.45, 7) is -0.747. The predicted molar refractivity (Wildman–Crippen MR) is 95.5 cm³/mol. The quantitative estimate of drug-likeness (QED) is 0.625. The van der Waals surface area contributed by atoms with Crippen LogP contribution in [-0.4, -0.2) is 36.7 Å². The smallest absolute Gasteiger partial charge is 0.316 e. The molecule has 27 heavy (non-hydrogen) atoms. The molecule has 0 radical (unpaired) electrons. The van der Waals surface area contributed by atoms with Crippen molar-refractivity contribution < 1.29 is 27.9 Å². The van der Waals surface area contributed by atoms with E-state index < -0.39 is 30.1 Å². The molecule has 0 saturated carbocycles. The molecule has 0 bridgehead atoms. The number of ether oxygens (including phenoxy) is 1. The minimum Gasteiger partial charge on any atom is -0.455 e. The molecule has 0 atom stereocenters. The predicted octanol–water partition coefficient (Wildman–Crippen LogP) is 2.59. The Morgan fingerprint density at radius 1 is 1.19 bits per heavy atom. The summed E-state index contributed by atoms with van der Waals surface area (Å²) in [4.78, 5) is 37.0. The summed E-state index contributed by atoms with van der Waals surface area (Å²) in [5.41, 5.74) is 1.000. The molecule has 2 aromatic carbocycles. The summed E-state index contributed by atoms with van der Waals surface area (Å²) in [5, 5.41) is 2.65. The largest absolute Gasteiger partial charge is 0.455 e. The van der Waals surface area contributed by atoms with E-state index in [1.165, 1.54) is 4.90 Å². The number of nitrogens with one attached hydrogen (secondary N) is 1. The SMILES string of the molecule is O=C1CN(C(=O)COC(=O)CSc2cc(F)ccc2F)c2ccccc2N1. The van der Waals surface area contributed by atoms with Gasteiger partial charge in [-0.2, -0.15) is 0 Å². The van der Waals surface area contributed by atoms with E-state index in [-0.39, 0.29) is 23.1 Å². The third kappa shape index (κ3) is 4.62. The summed E-state index contributed by atoms with van der Waals surface area (Å²) in [6, 6.07) is 9.67.